The van der Waals surface area contributed by atoms with Crippen molar-refractivity contribution in [2.75, 3.05) is 18.1 Å². The van der Waals surface area contributed by atoms with Crippen LogP contribution in [0.3, 0.4) is 0 Å². The highest BCUT2D eigenvalue weighted by molar-refractivity contribution is 5.95. The van der Waals surface area contributed by atoms with Crippen molar-refractivity contribution >= 4 is 17.3 Å². The van der Waals surface area contributed by atoms with Crippen LogP contribution >= 0.6 is 0 Å². The van der Waals surface area contributed by atoms with Crippen LogP contribution in [0.4, 0.5) is 11.4 Å². The summed E-state index contributed by atoms with van der Waals surface area (Å²) in [5.74, 6) is -0.407. The Hall–Kier alpha value is -2.49. The van der Waals surface area contributed by atoms with E-state index in [1.807, 2.05) is 18.2 Å². The van der Waals surface area contributed by atoms with Gasteiger partial charge in [-0.25, -0.2) is 4.79 Å². The topological polar surface area (TPSA) is 78.3 Å². The number of anilines is 2. The summed E-state index contributed by atoms with van der Waals surface area (Å²) >= 11 is 0. The highest BCUT2D eigenvalue weighted by Crippen LogP contribution is 2.16. The largest absolute Gasteiger partial charge is 0.462 e. The lowest BCUT2D eigenvalue weighted by Crippen LogP contribution is -2.10. The van der Waals surface area contributed by atoms with E-state index >= 15 is 0 Å². The summed E-state index contributed by atoms with van der Waals surface area (Å²) in [6.07, 6.45) is 1.66. The summed E-state index contributed by atoms with van der Waals surface area (Å²) in [6, 6.07) is 14.9. The predicted octanol–water partition coefficient (Wildman–Crippen LogP) is 2.64. The third-order valence-electron chi connectivity index (χ3n) is 2.98. The summed E-state index contributed by atoms with van der Waals surface area (Å²) < 4.78 is 5.21. The van der Waals surface area contributed by atoms with Crippen molar-refractivity contribution in [2.45, 2.75) is 12.8 Å². The van der Waals surface area contributed by atoms with E-state index in [1.54, 1.807) is 18.2 Å². The second-order valence-corrected chi connectivity index (χ2v) is 4.57. The first-order valence-corrected chi connectivity index (χ1v) is 6.53. The van der Waals surface area contributed by atoms with Crippen molar-refractivity contribution in [2.24, 2.45) is 0 Å². The summed E-state index contributed by atoms with van der Waals surface area (Å²) in [4.78, 5) is 11.8. The number of carbonyl (C=O) groups is 1. The van der Waals surface area contributed by atoms with E-state index in [4.69, 9.17) is 16.2 Å². The highest BCUT2D eigenvalue weighted by Gasteiger charge is 2.10. The molecule has 104 valence electrons. The van der Waals surface area contributed by atoms with Gasteiger partial charge < -0.3 is 16.2 Å². The van der Waals surface area contributed by atoms with Crippen molar-refractivity contribution in [3.05, 3.63) is 59.7 Å². The van der Waals surface area contributed by atoms with Gasteiger partial charge in [-0.1, -0.05) is 30.3 Å². The lowest BCUT2D eigenvalue weighted by molar-refractivity contribution is 0.0502. The van der Waals surface area contributed by atoms with Crippen LogP contribution in [-0.2, 0) is 11.2 Å². The molecular formula is C16H18N2O2. The second-order valence-electron chi connectivity index (χ2n) is 4.57. The molecule has 2 aromatic carbocycles. The molecule has 0 spiro atoms. The van der Waals surface area contributed by atoms with Crippen LogP contribution in [0.2, 0.25) is 0 Å². The van der Waals surface area contributed by atoms with Gasteiger partial charge in [0.05, 0.1) is 12.2 Å². The number of benzene rings is 2. The molecule has 2 rings (SSSR count). The minimum atomic E-state index is -0.407. The van der Waals surface area contributed by atoms with Crippen LogP contribution in [0, 0.1) is 0 Å². The quantitative estimate of drug-likeness (QED) is 0.497. The fraction of sp³-hybridized carbons (Fsp3) is 0.188. The van der Waals surface area contributed by atoms with Gasteiger partial charge in [0.15, 0.2) is 0 Å². The third-order valence-corrected chi connectivity index (χ3v) is 2.98. The zero-order valence-electron chi connectivity index (χ0n) is 11.2. The van der Waals surface area contributed by atoms with E-state index < -0.39 is 5.97 Å². The Labute approximate surface area is 118 Å². The Bertz CT molecular complexity index is 582. The number of hydrogen-bond donors (Lipinski definition) is 2. The zero-order valence-corrected chi connectivity index (χ0v) is 11.2. The van der Waals surface area contributed by atoms with Crippen LogP contribution in [0.15, 0.2) is 48.5 Å². The maximum atomic E-state index is 11.8. The average molecular weight is 270 g/mol. The minimum absolute atomic E-state index is 0.345. The summed E-state index contributed by atoms with van der Waals surface area (Å²) in [6.45, 7) is 0.373. The van der Waals surface area contributed by atoms with Gasteiger partial charge in [0.2, 0.25) is 0 Å². The van der Waals surface area contributed by atoms with Crippen molar-refractivity contribution in [3.63, 3.8) is 0 Å². The Kier molecular flexibility index (Phi) is 4.60. The van der Waals surface area contributed by atoms with E-state index in [2.05, 4.69) is 12.1 Å². The first-order chi connectivity index (χ1) is 9.66. The smallest absolute Gasteiger partial charge is 0.340 e. The van der Waals surface area contributed by atoms with Crippen LogP contribution < -0.4 is 11.5 Å². The molecule has 0 aromatic heterocycles. The Balaban J connectivity index is 1.80. The SMILES string of the molecule is Nc1ccc(C(=O)OCCCc2ccccc2)c(N)c1. The maximum absolute atomic E-state index is 11.8. The number of ether oxygens (including phenoxy) is 1. The highest BCUT2D eigenvalue weighted by atomic mass is 16.5. The number of carbonyl (C=O) groups excluding carboxylic acids is 1. The van der Waals surface area contributed by atoms with Crippen LogP contribution in [0.1, 0.15) is 22.3 Å². The van der Waals surface area contributed by atoms with E-state index in [1.165, 1.54) is 5.56 Å². The third kappa shape index (κ3) is 3.75. The minimum Gasteiger partial charge on any atom is -0.462 e. The fourth-order valence-corrected chi connectivity index (χ4v) is 1.93. The molecule has 0 radical (unpaired) electrons. The number of nitrogen functional groups attached to an aromatic ring is 2. The van der Waals surface area contributed by atoms with Crippen molar-refractivity contribution in [3.8, 4) is 0 Å². The molecule has 0 saturated heterocycles. The molecule has 0 amide bonds. The van der Waals surface area contributed by atoms with Crippen molar-refractivity contribution in [1.82, 2.24) is 0 Å². The average Bonchev–Trinajstić information content (AvgIpc) is 2.44. The molecule has 2 aromatic rings. The number of nitrogens with two attached hydrogens (primary N) is 2. The first-order valence-electron chi connectivity index (χ1n) is 6.53. The van der Waals surface area contributed by atoms with Gasteiger partial charge in [-0.05, 0) is 36.6 Å². The molecule has 20 heavy (non-hydrogen) atoms. The number of aryl methyl sites for hydroxylation is 1. The summed E-state index contributed by atoms with van der Waals surface area (Å²) in [7, 11) is 0. The Morgan fingerprint density at radius 1 is 1.05 bits per heavy atom. The lowest BCUT2D eigenvalue weighted by atomic mass is 10.1. The molecule has 0 aliphatic rings. The second kappa shape index (κ2) is 6.61. The molecular weight excluding hydrogens is 252 g/mol. The van der Waals surface area contributed by atoms with Gasteiger partial charge in [0.1, 0.15) is 0 Å². The van der Waals surface area contributed by atoms with Gasteiger partial charge in [-0.2, -0.15) is 0 Å². The number of hydrogen-bond acceptors (Lipinski definition) is 4. The van der Waals surface area contributed by atoms with Crippen LogP contribution in [-0.4, -0.2) is 12.6 Å². The Morgan fingerprint density at radius 2 is 1.80 bits per heavy atom. The van der Waals surface area contributed by atoms with Gasteiger partial charge in [-0.3, -0.25) is 0 Å². The number of rotatable bonds is 5. The summed E-state index contributed by atoms with van der Waals surface area (Å²) in [5.41, 5.74) is 13.8. The van der Waals surface area contributed by atoms with Crippen LogP contribution in [0.5, 0.6) is 0 Å². The normalized spacial score (nSPS) is 10.2. The molecule has 4 N–H and O–H groups in total. The zero-order chi connectivity index (χ0) is 14.4. The first kappa shape index (κ1) is 13.9. The molecule has 0 bridgehead atoms. The molecule has 0 fully saturated rings. The van der Waals surface area contributed by atoms with Gasteiger partial charge >= 0.3 is 5.97 Å². The van der Waals surface area contributed by atoms with E-state index in [-0.39, 0.29) is 0 Å². The lowest BCUT2D eigenvalue weighted by Gasteiger charge is -2.07. The van der Waals surface area contributed by atoms with Crippen molar-refractivity contribution < 1.29 is 9.53 Å². The molecule has 0 unspecified atom stereocenters. The monoisotopic (exact) mass is 270 g/mol. The molecule has 0 aliphatic carbocycles. The number of esters is 1. The van der Waals surface area contributed by atoms with E-state index in [0.29, 0.717) is 23.5 Å². The van der Waals surface area contributed by atoms with Crippen LogP contribution in [0.25, 0.3) is 0 Å². The predicted molar refractivity (Wildman–Crippen MR) is 80.3 cm³/mol. The van der Waals surface area contributed by atoms with Crippen molar-refractivity contribution in [1.29, 1.82) is 0 Å². The van der Waals surface area contributed by atoms with Gasteiger partial charge in [-0.15, -0.1) is 0 Å². The molecule has 0 saturated carbocycles. The van der Waals surface area contributed by atoms with Gasteiger partial charge in [0, 0.05) is 11.4 Å². The molecule has 4 heteroatoms. The van der Waals surface area contributed by atoms with E-state index in [0.717, 1.165) is 12.8 Å². The molecule has 0 heterocycles. The molecule has 4 nitrogen and oxygen atoms in total. The molecule has 0 atom stereocenters. The maximum Gasteiger partial charge on any atom is 0.340 e. The standard InChI is InChI=1S/C16H18N2O2/c17-13-8-9-14(15(18)11-13)16(19)20-10-4-7-12-5-2-1-3-6-12/h1-3,5-6,8-9,11H,4,7,10,17-18H2. The van der Waals surface area contributed by atoms with Gasteiger partial charge in [0.25, 0.3) is 0 Å². The fourth-order valence-electron chi connectivity index (χ4n) is 1.93. The van der Waals surface area contributed by atoms with E-state index in [9.17, 15) is 4.79 Å². The Morgan fingerprint density at radius 3 is 2.50 bits per heavy atom. The molecule has 0 aliphatic heterocycles. The summed E-state index contributed by atoms with van der Waals surface area (Å²) in [5, 5.41) is 0.